The summed E-state index contributed by atoms with van der Waals surface area (Å²) in [5.74, 6) is -0.528. The van der Waals surface area contributed by atoms with Crippen molar-refractivity contribution in [2.24, 2.45) is 0 Å². The van der Waals surface area contributed by atoms with Crippen LogP contribution in [0.1, 0.15) is 24.0 Å². The number of rotatable bonds is 5. The van der Waals surface area contributed by atoms with Crippen molar-refractivity contribution < 1.29 is 9.18 Å². The molecule has 158 valence electrons. The van der Waals surface area contributed by atoms with Gasteiger partial charge in [0.15, 0.2) is 11.6 Å². The Morgan fingerprint density at radius 3 is 2.62 bits per heavy atom. The Morgan fingerprint density at radius 1 is 1.19 bits per heavy atom. The number of nitrogens with one attached hydrogen (secondary N) is 2. The van der Waals surface area contributed by atoms with Gasteiger partial charge < -0.3 is 15.5 Å². The highest BCUT2D eigenvalue weighted by atomic mass is 19.1. The molecule has 2 N–H and O–H groups in total. The molecule has 2 heterocycles. The maximum Gasteiger partial charge on any atom is 0.250 e. The van der Waals surface area contributed by atoms with Crippen LogP contribution < -0.4 is 15.5 Å². The third-order valence-corrected chi connectivity index (χ3v) is 5.89. The van der Waals surface area contributed by atoms with Crippen molar-refractivity contribution in [3.63, 3.8) is 0 Å². The molecular weight excluding hydrogens is 407 g/mol. The minimum absolute atomic E-state index is 0.0109. The lowest BCUT2D eigenvalue weighted by atomic mass is 9.98. The molecule has 8 heteroatoms. The SMILES string of the molecule is C=CC(=O)N1CC2(CC2)c2ccc(Nc3nc(Nc4ccc(C#N)cc4)ncc3F)cc21. The van der Waals surface area contributed by atoms with E-state index in [0.717, 1.165) is 30.3 Å². The summed E-state index contributed by atoms with van der Waals surface area (Å²) < 4.78 is 14.4. The van der Waals surface area contributed by atoms with Gasteiger partial charge in [-0.25, -0.2) is 9.37 Å². The van der Waals surface area contributed by atoms with Gasteiger partial charge in [-0.15, -0.1) is 0 Å². The molecule has 0 unspecified atom stereocenters. The number of carbonyl (C=O) groups is 1. The molecule has 1 fully saturated rings. The van der Waals surface area contributed by atoms with E-state index in [-0.39, 0.29) is 23.1 Å². The summed E-state index contributed by atoms with van der Waals surface area (Å²) >= 11 is 0. The molecule has 0 saturated heterocycles. The fourth-order valence-corrected chi connectivity index (χ4v) is 4.05. The molecule has 0 bridgehead atoms. The second kappa shape index (κ2) is 7.46. The average molecular weight is 426 g/mol. The summed E-state index contributed by atoms with van der Waals surface area (Å²) in [4.78, 5) is 22.3. The number of carbonyl (C=O) groups excluding carboxylic acids is 1. The molecule has 2 aromatic carbocycles. The fourth-order valence-electron chi connectivity index (χ4n) is 4.05. The molecule has 0 atom stereocenters. The van der Waals surface area contributed by atoms with Crippen LogP contribution in [0, 0.1) is 17.1 Å². The third-order valence-electron chi connectivity index (χ3n) is 5.89. The Balaban J connectivity index is 1.41. The first-order valence-electron chi connectivity index (χ1n) is 10.2. The Labute approximate surface area is 184 Å². The van der Waals surface area contributed by atoms with Gasteiger partial charge in [0.25, 0.3) is 0 Å². The van der Waals surface area contributed by atoms with Crippen molar-refractivity contribution in [1.82, 2.24) is 9.97 Å². The summed E-state index contributed by atoms with van der Waals surface area (Å²) in [5.41, 5.74) is 3.83. The van der Waals surface area contributed by atoms with Crippen LogP contribution in [0.3, 0.4) is 0 Å². The average Bonchev–Trinajstić information content (AvgIpc) is 3.52. The number of halogens is 1. The van der Waals surface area contributed by atoms with Gasteiger partial charge in [0, 0.05) is 29.0 Å². The Hall–Kier alpha value is -4.25. The van der Waals surface area contributed by atoms with Crippen molar-refractivity contribution in [3.8, 4) is 6.07 Å². The van der Waals surface area contributed by atoms with Crippen molar-refractivity contribution in [2.45, 2.75) is 18.3 Å². The highest BCUT2D eigenvalue weighted by Gasteiger charge is 2.52. The molecule has 1 amide bonds. The molecule has 7 nitrogen and oxygen atoms in total. The van der Waals surface area contributed by atoms with Gasteiger partial charge in [-0.1, -0.05) is 12.6 Å². The van der Waals surface area contributed by atoms with E-state index in [4.69, 9.17) is 5.26 Å². The van der Waals surface area contributed by atoms with Gasteiger partial charge >= 0.3 is 0 Å². The molecule has 1 saturated carbocycles. The molecule has 1 aliphatic carbocycles. The molecule has 5 rings (SSSR count). The highest BCUT2D eigenvalue weighted by Crippen LogP contribution is 2.57. The first kappa shape index (κ1) is 19.7. The molecular formula is C24H19FN6O. The van der Waals surface area contributed by atoms with Crippen LogP contribution in [0.2, 0.25) is 0 Å². The topological polar surface area (TPSA) is 93.9 Å². The molecule has 3 aromatic rings. The largest absolute Gasteiger partial charge is 0.338 e. The number of amides is 1. The van der Waals surface area contributed by atoms with Crippen LogP contribution in [0.4, 0.5) is 33.2 Å². The molecule has 0 radical (unpaired) electrons. The zero-order valence-electron chi connectivity index (χ0n) is 17.1. The Bertz CT molecular complexity index is 1280. The second-order valence-electron chi connectivity index (χ2n) is 7.97. The predicted molar refractivity (Wildman–Crippen MR) is 120 cm³/mol. The smallest absolute Gasteiger partial charge is 0.250 e. The first-order chi connectivity index (χ1) is 15.5. The van der Waals surface area contributed by atoms with E-state index in [1.54, 1.807) is 29.2 Å². The van der Waals surface area contributed by atoms with Gasteiger partial charge in [-0.05, 0) is 60.9 Å². The summed E-state index contributed by atoms with van der Waals surface area (Å²) in [6.07, 6.45) is 4.51. The number of fused-ring (bicyclic) bond motifs is 2. The van der Waals surface area contributed by atoms with Crippen LogP contribution >= 0.6 is 0 Å². The number of aromatic nitrogens is 2. The van der Waals surface area contributed by atoms with Gasteiger partial charge in [0.1, 0.15) is 0 Å². The standard InChI is InChI=1S/C24H19FN6O/c1-2-21(32)31-14-24(9-10-24)18-8-7-17(11-20(18)31)28-22-19(25)13-27-23(30-22)29-16-5-3-15(12-26)4-6-16/h2-8,11,13H,1,9-10,14H2,(H2,27,28,29,30). The minimum Gasteiger partial charge on any atom is -0.338 e. The van der Waals surface area contributed by atoms with E-state index in [2.05, 4.69) is 33.2 Å². The van der Waals surface area contributed by atoms with Crippen LogP contribution in [-0.2, 0) is 10.2 Å². The molecule has 32 heavy (non-hydrogen) atoms. The van der Waals surface area contributed by atoms with E-state index in [1.165, 1.54) is 6.08 Å². The van der Waals surface area contributed by atoms with E-state index < -0.39 is 5.82 Å². The zero-order valence-corrected chi connectivity index (χ0v) is 17.1. The summed E-state index contributed by atoms with van der Waals surface area (Å²) in [6, 6.07) is 14.5. The summed E-state index contributed by atoms with van der Waals surface area (Å²) in [7, 11) is 0. The van der Waals surface area contributed by atoms with Crippen molar-refractivity contribution in [1.29, 1.82) is 5.26 Å². The number of benzene rings is 2. The molecule has 1 spiro atoms. The van der Waals surface area contributed by atoms with Gasteiger partial charge in [0.05, 0.1) is 17.8 Å². The number of nitrogens with zero attached hydrogens (tertiary/aromatic N) is 4. The lowest BCUT2D eigenvalue weighted by molar-refractivity contribution is -0.114. The summed E-state index contributed by atoms with van der Waals surface area (Å²) in [5, 5.41) is 14.9. The van der Waals surface area contributed by atoms with Crippen LogP contribution in [0.15, 0.2) is 61.3 Å². The molecule has 1 aromatic heterocycles. The lowest BCUT2D eigenvalue weighted by Crippen LogP contribution is -2.29. The number of anilines is 5. The van der Waals surface area contributed by atoms with Crippen molar-refractivity contribution in [2.75, 3.05) is 22.1 Å². The first-order valence-corrected chi connectivity index (χ1v) is 10.2. The fraction of sp³-hybridized carbons (Fsp3) is 0.167. The molecule has 1 aliphatic heterocycles. The maximum atomic E-state index is 14.4. The second-order valence-corrected chi connectivity index (χ2v) is 7.97. The maximum absolute atomic E-state index is 14.4. The van der Waals surface area contributed by atoms with Crippen LogP contribution in [0.5, 0.6) is 0 Å². The van der Waals surface area contributed by atoms with Gasteiger partial charge in [-0.3, -0.25) is 4.79 Å². The van der Waals surface area contributed by atoms with E-state index >= 15 is 0 Å². The van der Waals surface area contributed by atoms with E-state index in [0.29, 0.717) is 23.5 Å². The van der Waals surface area contributed by atoms with Crippen molar-refractivity contribution >= 4 is 34.7 Å². The number of nitriles is 1. The predicted octanol–water partition coefficient (Wildman–Crippen LogP) is 4.54. The van der Waals surface area contributed by atoms with E-state index in [1.807, 2.05) is 18.2 Å². The number of hydrogen-bond acceptors (Lipinski definition) is 6. The van der Waals surface area contributed by atoms with Crippen LogP contribution in [0.25, 0.3) is 0 Å². The zero-order chi connectivity index (χ0) is 22.3. The summed E-state index contributed by atoms with van der Waals surface area (Å²) in [6.45, 7) is 4.26. The normalized spacial score (nSPS) is 15.1. The third kappa shape index (κ3) is 3.44. The monoisotopic (exact) mass is 426 g/mol. The minimum atomic E-state index is -0.603. The van der Waals surface area contributed by atoms with Crippen molar-refractivity contribution in [3.05, 3.63) is 78.3 Å². The highest BCUT2D eigenvalue weighted by molar-refractivity contribution is 6.03. The van der Waals surface area contributed by atoms with Gasteiger partial charge in [-0.2, -0.15) is 10.2 Å². The number of hydrogen-bond donors (Lipinski definition) is 2. The quantitative estimate of drug-likeness (QED) is 0.582. The molecule has 2 aliphatic rings. The van der Waals surface area contributed by atoms with E-state index in [9.17, 15) is 9.18 Å². The van der Waals surface area contributed by atoms with Crippen LogP contribution in [-0.4, -0.2) is 22.4 Å². The van der Waals surface area contributed by atoms with Gasteiger partial charge in [0.2, 0.25) is 11.9 Å². The Morgan fingerprint density at radius 2 is 1.94 bits per heavy atom. The Kier molecular flexibility index (Phi) is 4.59. The lowest BCUT2D eigenvalue weighted by Gasteiger charge is -2.16.